The Hall–Kier alpha value is -1.55. The summed E-state index contributed by atoms with van der Waals surface area (Å²) in [6.45, 7) is 6.73. The van der Waals surface area contributed by atoms with Crippen molar-refractivity contribution in [3.8, 4) is 11.1 Å². The van der Waals surface area contributed by atoms with Crippen molar-refractivity contribution < 1.29 is 0 Å². The minimum atomic E-state index is 0.430. The summed E-state index contributed by atoms with van der Waals surface area (Å²) in [5, 5.41) is 4.64. The van der Waals surface area contributed by atoms with Gasteiger partial charge in [-0.1, -0.05) is 44.2 Å². The lowest BCUT2D eigenvalue weighted by atomic mass is 10.0. The van der Waals surface area contributed by atoms with E-state index in [1.807, 2.05) is 18.2 Å². The zero-order chi connectivity index (χ0) is 14.5. The zero-order valence-corrected chi connectivity index (χ0v) is 13.2. The van der Waals surface area contributed by atoms with Gasteiger partial charge in [-0.2, -0.15) is 4.37 Å². The van der Waals surface area contributed by atoms with E-state index in [4.69, 9.17) is 5.73 Å². The summed E-state index contributed by atoms with van der Waals surface area (Å²) in [7, 11) is 0. The van der Waals surface area contributed by atoms with Crippen LogP contribution in [0.2, 0.25) is 0 Å². The number of nitrogen functional groups attached to an aromatic ring is 1. The molecule has 2 aromatic rings. The molecule has 0 spiro atoms. The maximum atomic E-state index is 6.03. The molecule has 1 unspecified atom stereocenters. The maximum absolute atomic E-state index is 6.03. The highest BCUT2D eigenvalue weighted by atomic mass is 32.1. The van der Waals surface area contributed by atoms with Gasteiger partial charge < -0.3 is 11.1 Å². The van der Waals surface area contributed by atoms with Gasteiger partial charge in [0.15, 0.2) is 0 Å². The number of hydrogen-bond donors (Lipinski definition) is 2. The van der Waals surface area contributed by atoms with Crippen molar-refractivity contribution in [1.29, 1.82) is 0 Å². The number of aromatic nitrogens is 1. The highest BCUT2D eigenvalue weighted by molar-refractivity contribution is 7.11. The third-order valence-corrected chi connectivity index (χ3v) is 4.13. The molecule has 1 aromatic heterocycles. The summed E-state index contributed by atoms with van der Waals surface area (Å²) >= 11 is 1.45. The van der Waals surface area contributed by atoms with Crippen molar-refractivity contribution in [1.82, 2.24) is 4.37 Å². The highest BCUT2D eigenvalue weighted by Gasteiger charge is 2.15. The van der Waals surface area contributed by atoms with Gasteiger partial charge in [0.05, 0.1) is 5.56 Å². The standard InChI is InChI=1S/C16H23N3S/c1-11(2)9-10-12(3)18-16-14(15(17)19-20-16)13-7-5-4-6-8-13/h4-8,11-12,18H,9-10H2,1-3H3,(H2,17,19). The van der Waals surface area contributed by atoms with Crippen LogP contribution >= 0.6 is 11.5 Å². The first kappa shape index (κ1) is 14.9. The molecule has 0 bridgehead atoms. The third-order valence-electron chi connectivity index (χ3n) is 3.34. The van der Waals surface area contributed by atoms with E-state index in [0.29, 0.717) is 11.9 Å². The van der Waals surface area contributed by atoms with Crippen LogP contribution < -0.4 is 11.1 Å². The van der Waals surface area contributed by atoms with Gasteiger partial charge in [-0.05, 0) is 42.8 Å². The first-order valence-corrected chi connectivity index (χ1v) is 7.92. The molecule has 0 amide bonds. The number of nitrogens with zero attached hydrogens (tertiary/aromatic N) is 1. The molecule has 4 heteroatoms. The second-order valence-electron chi connectivity index (χ2n) is 5.65. The lowest BCUT2D eigenvalue weighted by Gasteiger charge is -2.16. The number of hydrogen-bond acceptors (Lipinski definition) is 4. The van der Waals surface area contributed by atoms with E-state index in [9.17, 15) is 0 Å². The van der Waals surface area contributed by atoms with Gasteiger partial charge in [-0.3, -0.25) is 0 Å². The first-order chi connectivity index (χ1) is 9.58. The Kier molecular flexibility index (Phi) is 5.01. The Labute approximate surface area is 125 Å². The summed E-state index contributed by atoms with van der Waals surface area (Å²) in [5.41, 5.74) is 8.19. The predicted octanol–water partition coefficient (Wildman–Crippen LogP) is 4.63. The van der Waals surface area contributed by atoms with Crippen LogP contribution in [0, 0.1) is 5.92 Å². The molecular formula is C16H23N3S. The van der Waals surface area contributed by atoms with Crippen molar-refractivity contribution in [3.63, 3.8) is 0 Å². The average molecular weight is 289 g/mol. The normalized spacial score (nSPS) is 12.6. The fourth-order valence-corrected chi connectivity index (χ4v) is 3.01. The highest BCUT2D eigenvalue weighted by Crippen LogP contribution is 2.37. The Balaban J connectivity index is 2.14. The van der Waals surface area contributed by atoms with Crippen LogP contribution in [0.4, 0.5) is 10.8 Å². The zero-order valence-electron chi connectivity index (χ0n) is 12.4. The molecule has 0 aliphatic heterocycles. The molecule has 0 radical (unpaired) electrons. The summed E-state index contributed by atoms with van der Waals surface area (Å²) in [4.78, 5) is 0. The van der Waals surface area contributed by atoms with Crippen LogP contribution in [0.1, 0.15) is 33.6 Å². The monoisotopic (exact) mass is 289 g/mol. The Morgan fingerprint density at radius 3 is 2.50 bits per heavy atom. The number of nitrogens with one attached hydrogen (secondary N) is 1. The van der Waals surface area contributed by atoms with Gasteiger partial charge >= 0.3 is 0 Å². The van der Waals surface area contributed by atoms with E-state index in [-0.39, 0.29) is 0 Å². The van der Waals surface area contributed by atoms with Crippen LogP contribution in [0.15, 0.2) is 30.3 Å². The number of nitrogens with two attached hydrogens (primary N) is 1. The summed E-state index contributed by atoms with van der Waals surface area (Å²) in [6.07, 6.45) is 2.38. The van der Waals surface area contributed by atoms with E-state index >= 15 is 0 Å². The Morgan fingerprint density at radius 2 is 1.85 bits per heavy atom. The molecule has 0 fully saturated rings. The predicted molar refractivity (Wildman–Crippen MR) is 89.1 cm³/mol. The molecular weight excluding hydrogens is 266 g/mol. The van der Waals surface area contributed by atoms with E-state index in [0.717, 1.165) is 28.5 Å². The average Bonchev–Trinajstić information content (AvgIpc) is 2.78. The van der Waals surface area contributed by atoms with E-state index in [1.165, 1.54) is 18.0 Å². The minimum Gasteiger partial charge on any atom is -0.382 e. The lowest BCUT2D eigenvalue weighted by Crippen LogP contribution is -2.15. The molecule has 2 rings (SSSR count). The molecule has 0 aliphatic rings. The summed E-state index contributed by atoms with van der Waals surface area (Å²) in [6, 6.07) is 10.6. The largest absolute Gasteiger partial charge is 0.382 e. The second kappa shape index (κ2) is 6.75. The third kappa shape index (κ3) is 3.73. The van der Waals surface area contributed by atoms with E-state index < -0.39 is 0 Å². The van der Waals surface area contributed by atoms with Crippen LogP contribution in [-0.2, 0) is 0 Å². The Morgan fingerprint density at radius 1 is 1.15 bits per heavy atom. The molecule has 1 aromatic carbocycles. The number of rotatable bonds is 6. The molecule has 1 atom stereocenters. The van der Waals surface area contributed by atoms with Crippen molar-refractivity contribution in [2.75, 3.05) is 11.1 Å². The van der Waals surface area contributed by atoms with Crippen molar-refractivity contribution in [3.05, 3.63) is 30.3 Å². The SMILES string of the molecule is CC(C)CCC(C)Nc1snc(N)c1-c1ccccc1. The molecule has 0 saturated carbocycles. The number of anilines is 2. The van der Waals surface area contributed by atoms with E-state index in [2.05, 4.69) is 42.6 Å². The first-order valence-electron chi connectivity index (χ1n) is 7.15. The number of benzene rings is 1. The quantitative estimate of drug-likeness (QED) is 0.815. The fourth-order valence-electron chi connectivity index (χ4n) is 2.16. The van der Waals surface area contributed by atoms with Gasteiger partial charge in [-0.25, -0.2) is 0 Å². The summed E-state index contributed by atoms with van der Waals surface area (Å²) in [5.74, 6) is 1.35. The molecule has 20 heavy (non-hydrogen) atoms. The Bertz CT molecular complexity index is 534. The smallest absolute Gasteiger partial charge is 0.147 e. The maximum Gasteiger partial charge on any atom is 0.147 e. The second-order valence-corrected chi connectivity index (χ2v) is 6.43. The van der Waals surface area contributed by atoms with Crippen LogP contribution in [-0.4, -0.2) is 10.4 Å². The fraction of sp³-hybridized carbons (Fsp3) is 0.438. The van der Waals surface area contributed by atoms with Crippen LogP contribution in [0.3, 0.4) is 0 Å². The molecule has 108 valence electrons. The van der Waals surface area contributed by atoms with Crippen molar-refractivity contribution in [2.24, 2.45) is 5.92 Å². The van der Waals surface area contributed by atoms with Gasteiger partial charge in [0.25, 0.3) is 0 Å². The molecule has 3 nitrogen and oxygen atoms in total. The van der Waals surface area contributed by atoms with Crippen LogP contribution in [0.25, 0.3) is 11.1 Å². The molecule has 1 heterocycles. The van der Waals surface area contributed by atoms with Gasteiger partial charge in [0.2, 0.25) is 0 Å². The topological polar surface area (TPSA) is 50.9 Å². The molecule has 0 aliphatic carbocycles. The van der Waals surface area contributed by atoms with Gasteiger partial charge in [0.1, 0.15) is 10.8 Å². The molecule has 3 N–H and O–H groups in total. The molecule has 0 saturated heterocycles. The summed E-state index contributed by atoms with van der Waals surface area (Å²) < 4.78 is 4.30. The van der Waals surface area contributed by atoms with Crippen molar-refractivity contribution >= 4 is 22.4 Å². The van der Waals surface area contributed by atoms with Gasteiger partial charge in [-0.15, -0.1) is 0 Å². The lowest BCUT2D eigenvalue weighted by molar-refractivity contribution is 0.528. The van der Waals surface area contributed by atoms with Crippen LogP contribution in [0.5, 0.6) is 0 Å². The van der Waals surface area contributed by atoms with E-state index in [1.54, 1.807) is 0 Å². The minimum absolute atomic E-state index is 0.430. The van der Waals surface area contributed by atoms with Gasteiger partial charge in [0, 0.05) is 6.04 Å². The van der Waals surface area contributed by atoms with Crippen molar-refractivity contribution in [2.45, 2.75) is 39.7 Å².